The zero-order valence-corrected chi connectivity index (χ0v) is 24.4. The highest BCUT2D eigenvalue weighted by Crippen LogP contribution is 2.44. The molecular formula is C34H37FN4O3. The molecule has 7 nitrogen and oxygen atoms in total. The standard InChI is InChI=1S/C34H37FN4O3/c1-23-28(22-30(40)41)32(39-19-16-34(2,3)17-20-39)31(33(37-23)38-29-6-4-5-18-36-29)25-9-13-27(14-10-25)42-21-15-24-7-11-26(35)12-8-24/h4-14,18H,15-17,19-22H2,1-3H3,(H,40,41)(H,36,37,38). The fraction of sp³-hybridized carbons (Fsp3) is 0.324. The van der Waals surface area contributed by atoms with Crippen LogP contribution in [0.1, 0.15) is 43.5 Å². The Morgan fingerprint density at radius 1 is 1.05 bits per heavy atom. The number of pyridine rings is 2. The summed E-state index contributed by atoms with van der Waals surface area (Å²) in [5.41, 5.74) is 5.29. The Labute approximate surface area is 246 Å². The molecule has 0 spiro atoms. The van der Waals surface area contributed by atoms with Crippen molar-refractivity contribution in [1.29, 1.82) is 0 Å². The Bertz CT molecular complexity index is 1510. The Morgan fingerprint density at radius 2 is 1.76 bits per heavy atom. The highest BCUT2D eigenvalue weighted by Gasteiger charge is 2.31. The molecule has 8 heteroatoms. The summed E-state index contributed by atoms with van der Waals surface area (Å²) in [5.74, 6) is 0.858. The number of aliphatic carboxylic acids is 1. The second kappa shape index (κ2) is 12.6. The van der Waals surface area contributed by atoms with Gasteiger partial charge in [0.2, 0.25) is 0 Å². The van der Waals surface area contributed by atoms with Gasteiger partial charge in [-0.25, -0.2) is 14.4 Å². The van der Waals surface area contributed by atoms with Gasteiger partial charge in [0.1, 0.15) is 23.2 Å². The van der Waals surface area contributed by atoms with Crippen molar-refractivity contribution in [3.05, 3.63) is 95.6 Å². The molecule has 0 saturated carbocycles. The largest absolute Gasteiger partial charge is 0.493 e. The van der Waals surface area contributed by atoms with Crippen LogP contribution in [0.25, 0.3) is 11.1 Å². The van der Waals surface area contributed by atoms with E-state index in [1.807, 2.05) is 49.4 Å². The van der Waals surface area contributed by atoms with Crippen LogP contribution in [0.15, 0.2) is 72.9 Å². The molecule has 2 aromatic heterocycles. The van der Waals surface area contributed by atoms with E-state index < -0.39 is 5.97 Å². The van der Waals surface area contributed by atoms with Gasteiger partial charge in [0.05, 0.1) is 18.7 Å². The number of carboxylic acids is 1. The number of hydrogen-bond acceptors (Lipinski definition) is 6. The second-order valence-corrected chi connectivity index (χ2v) is 11.6. The molecule has 1 aliphatic rings. The lowest BCUT2D eigenvalue weighted by molar-refractivity contribution is -0.136. The molecule has 0 aliphatic carbocycles. The quantitative estimate of drug-likeness (QED) is 0.209. The van der Waals surface area contributed by atoms with E-state index >= 15 is 0 Å². The van der Waals surface area contributed by atoms with E-state index in [-0.39, 0.29) is 17.7 Å². The van der Waals surface area contributed by atoms with Crippen molar-refractivity contribution >= 4 is 23.3 Å². The van der Waals surface area contributed by atoms with Gasteiger partial charge in [0.15, 0.2) is 0 Å². The van der Waals surface area contributed by atoms with Crippen LogP contribution in [0.5, 0.6) is 5.75 Å². The number of aromatic nitrogens is 2. The molecule has 2 N–H and O–H groups in total. The molecular weight excluding hydrogens is 531 g/mol. The summed E-state index contributed by atoms with van der Waals surface area (Å²) in [7, 11) is 0. The molecule has 1 aliphatic heterocycles. The second-order valence-electron chi connectivity index (χ2n) is 11.6. The molecule has 0 atom stereocenters. The van der Waals surface area contributed by atoms with Crippen LogP contribution in [-0.4, -0.2) is 40.7 Å². The number of nitrogens with zero attached hydrogens (tertiary/aromatic N) is 3. The normalized spacial score (nSPS) is 14.4. The van der Waals surface area contributed by atoms with Crippen LogP contribution >= 0.6 is 0 Å². The highest BCUT2D eigenvalue weighted by atomic mass is 19.1. The van der Waals surface area contributed by atoms with Crippen molar-refractivity contribution in [3.8, 4) is 16.9 Å². The number of nitrogens with one attached hydrogen (secondary N) is 1. The third-order valence-corrected chi connectivity index (χ3v) is 7.86. The van der Waals surface area contributed by atoms with Crippen LogP contribution in [0.2, 0.25) is 0 Å². The van der Waals surface area contributed by atoms with Crippen molar-refractivity contribution in [3.63, 3.8) is 0 Å². The van der Waals surface area contributed by atoms with E-state index in [0.29, 0.717) is 36.1 Å². The van der Waals surface area contributed by atoms with E-state index in [9.17, 15) is 14.3 Å². The van der Waals surface area contributed by atoms with Gasteiger partial charge < -0.3 is 20.1 Å². The van der Waals surface area contributed by atoms with Crippen LogP contribution in [0.4, 0.5) is 21.7 Å². The monoisotopic (exact) mass is 568 g/mol. The molecule has 218 valence electrons. The topological polar surface area (TPSA) is 87.6 Å². The van der Waals surface area contributed by atoms with Crippen molar-refractivity contribution in [2.75, 3.05) is 29.9 Å². The molecule has 1 fully saturated rings. The van der Waals surface area contributed by atoms with E-state index in [2.05, 4.69) is 29.0 Å². The van der Waals surface area contributed by atoms with Gasteiger partial charge >= 0.3 is 5.97 Å². The van der Waals surface area contributed by atoms with Crippen LogP contribution < -0.4 is 15.0 Å². The lowest BCUT2D eigenvalue weighted by Crippen LogP contribution is -2.38. The number of hydrogen-bond donors (Lipinski definition) is 2. The summed E-state index contributed by atoms with van der Waals surface area (Å²) in [6.45, 7) is 8.55. The molecule has 1 saturated heterocycles. The lowest BCUT2D eigenvalue weighted by atomic mass is 9.82. The first-order valence-corrected chi connectivity index (χ1v) is 14.3. The Kier molecular flexibility index (Phi) is 8.71. The molecule has 0 amide bonds. The van der Waals surface area contributed by atoms with Crippen LogP contribution in [0.3, 0.4) is 0 Å². The van der Waals surface area contributed by atoms with Gasteiger partial charge in [-0.3, -0.25) is 4.79 Å². The van der Waals surface area contributed by atoms with Crippen molar-refractivity contribution in [2.24, 2.45) is 5.41 Å². The summed E-state index contributed by atoms with van der Waals surface area (Å²) in [4.78, 5) is 23.7. The minimum Gasteiger partial charge on any atom is -0.493 e. The van der Waals surface area contributed by atoms with Crippen LogP contribution in [-0.2, 0) is 17.6 Å². The molecule has 4 aromatic rings. The fourth-order valence-corrected chi connectivity index (χ4v) is 5.35. The predicted molar refractivity (Wildman–Crippen MR) is 164 cm³/mol. The third kappa shape index (κ3) is 7.05. The zero-order valence-electron chi connectivity index (χ0n) is 24.4. The minimum absolute atomic E-state index is 0.116. The number of carbonyl (C=O) groups is 1. The maximum absolute atomic E-state index is 13.2. The van der Waals surface area contributed by atoms with E-state index in [1.54, 1.807) is 18.3 Å². The smallest absolute Gasteiger partial charge is 0.307 e. The first-order valence-electron chi connectivity index (χ1n) is 14.3. The summed E-state index contributed by atoms with van der Waals surface area (Å²) in [6, 6.07) is 19.9. The number of aryl methyl sites for hydroxylation is 1. The molecule has 5 rings (SSSR count). The van der Waals surface area contributed by atoms with Gasteiger partial charge in [-0.05, 0) is 72.7 Å². The average Bonchev–Trinajstić information content (AvgIpc) is 2.96. The maximum Gasteiger partial charge on any atom is 0.307 e. The summed E-state index contributed by atoms with van der Waals surface area (Å²) in [5, 5.41) is 13.3. The Balaban J connectivity index is 1.52. The number of halogens is 1. The third-order valence-electron chi connectivity index (χ3n) is 7.86. The van der Waals surface area contributed by atoms with Gasteiger partial charge in [0, 0.05) is 42.5 Å². The number of rotatable bonds is 10. The Hall–Kier alpha value is -4.46. The first kappa shape index (κ1) is 29.0. The van der Waals surface area contributed by atoms with Crippen molar-refractivity contribution in [2.45, 2.75) is 46.5 Å². The Morgan fingerprint density at radius 3 is 2.40 bits per heavy atom. The zero-order chi connectivity index (χ0) is 29.7. The minimum atomic E-state index is -0.889. The van der Waals surface area contributed by atoms with E-state index in [0.717, 1.165) is 53.9 Å². The number of carboxylic acid groups (broad SMARTS) is 1. The van der Waals surface area contributed by atoms with Gasteiger partial charge in [-0.2, -0.15) is 0 Å². The highest BCUT2D eigenvalue weighted by molar-refractivity contribution is 5.92. The van der Waals surface area contributed by atoms with Gasteiger partial charge in [-0.1, -0.05) is 44.2 Å². The molecule has 42 heavy (non-hydrogen) atoms. The summed E-state index contributed by atoms with van der Waals surface area (Å²) >= 11 is 0. The predicted octanol–water partition coefficient (Wildman–Crippen LogP) is 7.21. The first-order chi connectivity index (χ1) is 20.2. The molecule has 0 radical (unpaired) electrons. The number of ether oxygens (including phenoxy) is 1. The lowest BCUT2D eigenvalue weighted by Gasteiger charge is -2.40. The van der Waals surface area contributed by atoms with Crippen molar-refractivity contribution < 1.29 is 19.0 Å². The van der Waals surface area contributed by atoms with Crippen molar-refractivity contribution in [1.82, 2.24) is 9.97 Å². The molecule has 3 heterocycles. The average molecular weight is 569 g/mol. The summed E-state index contributed by atoms with van der Waals surface area (Å²) in [6.07, 6.45) is 4.28. The van der Waals surface area contributed by atoms with E-state index in [1.165, 1.54) is 12.1 Å². The SMILES string of the molecule is Cc1nc(Nc2ccccn2)c(-c2ccc(OCCc3ccc(F)cc3)cc2)c(N2CCC(C)(C)CC2)c1CC(=O)O. The number of benzene rings is 2. The fourth-order valence-electron chi connectivity index (χ4n) is 5.35. The van der Waals surface area contributed by atoms with Gasteiger partial charge in [-0.15, -0.1) is 0 Å². The van der Waals surface area contributed by atoms with Gasteiger partial charge in [0.25, 0.3) is 0 Å². The van der Waals surface area contributed by atoms with E-state index in [4.69, 9.17) is 9.72 Å². The van der Waals surface area contributed by atoms with Crippen LogP contribution in [0, 0.1) is 18.2 Å². The molecule has 0 unspecified atom stereocenters. The number of piperidine rings is 1. The summed E-state index contributed by atoms with van der Waals surface area (Å²) < 4.78 is 19.2. The number of anilines is 3. The maximum atomic E-state index is 13.2. The molecule has 2 aromatic carbocycles. The molecule has 0 bridgehead atoms.